The van der Waals surface area contributed by atoms with E-state index in [4.69, 9.17) is 0 Å². The molecule has 1 aromatic heterocycles. The van der Waals surface area contributed by atoms with Crippen molar-refractivity contribution in [1.29, 1.82) is 0 Å². The first-order valence-electron chi connectivity index (χ1n) is 8.86. The maximum atomic E-state index is 12.9. The highest BCUT2D eigenvalue weighted by atomic mass is 79.9. The number of aromatic nitrogens is 1. The van der Waals surface area contributed by atoms with Crippen LogP contribution in [0.4, 0.5) is 4.39 Å². The molecule has 0 spiro atoms. The second-order valence-electron chi connectivity index (χ2n) is 6.58. The average molecular weight is 503 g/mol. The highest BCUT2D eigenvalue weighted by molar-refractivity contribution is 9.10. The number of nitrogens with one attached hydrogen (secondary N) is 2. The van der Waals surface area contributed by atoms with E-state index in [1.54, 1.807) is 49.6 Å². The molecule has 0 fully saturated rings. The van der Waals surface area contributed by atoms with Crippen molar-refractivity contribution >= 4 is 49.1 Å². The molecular weight excluding hydrogens is 481 g/mol. The molecule has 3 aromatic rings. The van der Waals surface area contributed by atoms with E-state index < -0.39 is 10.0 Å². The SMILES string of the molecule is CC(CNCCc1ccc(F)cc1)NS(=O)(=O)c1ccc2cnccc2c1Br.Cl. The fraction of sp³-hybridized carbons (Fsp3) is 0.250. The first-order chi connectivity index (χ1) is 13.4. The van der Waals surface area contributed by atoms with Gasteiger partial charge in [0.25, 0.3) is 0 Å². The van der Waals surface area contributed by atoms with Crippen molar-refractivity contribution in [3.63, 3.8) is 0 Å². The summed E-state index contributed by atoms with van der Waals surface area (Å²) in [6.45, 7) is 2.96. The van der Waals surface area contributed by atoms with Gasteiger partial charge >= 0.3 is 0 Å². The molecule has 9 heteroatoms. The number of benzene rings is 2. The lowest BCUT2D eigenvalue weighted by Gasteiger charge is -2.16. The molecule has 0 amide bonds. The summed E-state index contributed by atoms with van der Waals surface area (Å²) >= 11 is 3.41. The van der Waals surface area contributed by atoms with Crippen molar-refractivity contribution in [2.75, 3.05) is 13.1 Å². The molecule has 0 saturated heterocycles. The highest BCUT2D eigenvalue weighted by Gasteiger charge is 2.21. The molecule has 1 heterocycles. The second-order valence-corrected chi connectivity index (χ2v) is 9.05. The van der Waals surface area contributed by atoms with Crippen LogP contribution in [-0.2, 0) is 16.4 Å². The Morgan fingerprint density at radius 3 is 2.59 bits per heavy atom. The van der Waals surface area contributed by atoms with Crippen LogP contribution in [0.25, 0.3) is 10.8 Å². The van der Waals surface area contributed by atoms with Gasteiger partial charge in [-0.15, -0.1) is 12.4 Å². The van der Waals surface area contributed by atoms with Crippen molar-refractivity contribution in [2.24, 2.45) is 0 Å². The predicted molar refractivity (Wildman–Crippen MR) is 119 cm³/mol. The summed E-state index contributed by atoms with van der Waals surface area (Å²) in [5.41, 5.74) is 1.02. The Bertz CT molecular complexity index is 1070. The summed E-state index contributed by atoms with van der Waals surface area (Å²) in [5.74, 6) is -0.254. The number of hydrogen-bond acceptors (Lipinski definition) is 4. The summed E-state index contributed by atoms with van der Waals surface area (Å²) in [7, 11) is -3.67. The molecule has 0 bridgehead atoms. The Labute approximate surface area is 184 Å². The van der Waals surface area contributed by atoms with Crippen LogP contribution in [0.1, 0.15) is 12.5 Å². The predicted octanol–water partition coefficient (Wildman–Crippen LogP) is 4.06. The normalized spacial score (nSPS) is 12.5. The van der Waals surface area contributed by atoms with Gasteiger partial charge in [0.1, 0.15) is 5.82 Å². The number of halogens is 3. The van der Waals surface area contributed by atoms with Crippen molar-refractivity contribution < 1.29 is 12.8 Å². The van der Waals surface area contributed by atoms with E-state index in [1.807, 2.05) is 0 Å². The summed E-state index contributed by atoms with van der Waals surface area (Å²) < 4.78 is 41.7. The molecule has 2 aromatic carbocycles. The molecule has 2 N–H and O–H groups in total. The number of hydrogen-bond donors (Lipinski definition) is 2. The largest absolute Gasteiger partial charge is 0.315 e. The van der Waals surface area contributed by atoms with Crippen molar-refractivity contribution in [1.82, 2.24) is 15.0 Å². The monoisotopic (exact) mass is 501 g/mol. The molecule has 5 nitrogen and oxygen atoms in total. The zero-order chi connectivity index (χ0) is 20.1. The van der Waals surface area contributed by atoms with Gasteiger partial charge in [0, 0.05) is 40.2 Å². The maximum Gasteiger partial charge on any atom is 0.241 e. The average Bonchev–Trinajstić information content (AvgIpc) is 2.66. The Morgan fingerprint density at radius 1 is 1.14 bits per heavy atom. The minimum Gasteiger partial charge on any atom is -0.315 e. The van der Waals surface area contributed by atoms with Gasteiger partial charge in [0.15, 0.2) is 0 Å². The standard InChI is InChI=1S/C20H21BrFN3O2S.ClH/c1-14(12-23-10-8-15-2-5-17(22)6-3-15)25-28(26,27)19-7-4-16-13-24-11-9-18(16)20(19)21;/h2-7,9,11,13-14,23,25H,8,10,12H2,1H3;1H. The van der Waals surface area contributed by atoms with Crippen molar-refractivity contribution in [2.45, 2.75) is 24.3 Å². The van der Waals surface area contributed by atoms with E-state index in [9.17, 15) is 12.8 Å². The first kappa shape index (κ1) is 23.7. The summed E-state index contributed by atoms with van der Waals surface area (Å²) in [5, 5.41) is 4.88. The van der Waals surface area contributed by atoms with E-state index in [0.717, 1.165) is 22.8 Å². The van der Waals surface area contributed by atoms with Gasteiger partial charge < -0.3 is 5.32 Å². The molecule has 0 aliphatic carbocycles. The topological polar surface area (TPSA) is 71.1 Å². The third kappa shape index (κ3) is 6.20. The third-order valence-corrected chi connectivity index (χ3v) is 7.07. The third-order valence-electron chi connectivity index (χ3n) is 4.32. The number of rotatable bonds is 8. The second kappa shape index (κ2) is 10.4. The Hall–Kier alpha value is -1.58. The number of nitrogens with zero attached hydrogens (tertiary/aromatic N) is 1. The van der Waals surface area contributed by atoms with Gasteiger partial charge in [0.05, 0.1) is 4.90 Å². The van der Waals surface area contributed by atoms with Crippen LogP contribution in [0.15, 0.2) is 64.2 Å². The molecule has 0 radical (unpaired) electrons. The number of pyridine rings is 1. The molecule has 1 atom stereocenters. The summed E-state index contributed by atoms with van der Waals surface area (Å²) in [6, 6.07) is 11.2. The van der Waals surface area contributed by atoms with Gasteiger partial charge in [0.2, 0.25) is 10.0 Å². The molecule has 29 heavy (non-hydrogen) atoms. The van der Waals surface area contributed by atoms with Gasteiger partial charge in [-0.3, -0.25) is 4.98 Å². The zero-order valence-corrected chi connectivity index (χ0v) is 18.9. The lowest BCUT2D eigenvalue weighted by Crippen LogP contribution is -2.40. The van der Waals surface area contributed by atoms with Crippen molar-refractivity contribution in [3.05, 3.63) is 70.7 Å². The zero-order valence-electron chi connectivity index (χ0n) is 15.7. The van der Waals surface area contributed by atoms with Crippen LogP contribution >= 0.6 is 28.3 Å². The van der Waals surface area contributed by atoms with Crippen LogP contribution < -0.4 is 10.0 Å². The van der Waals surface area contributed by atoms with E-state index in [2.05, 4.69) is 31.0 Å². The quantitative estimate of drug-likeness (QED) is 0.456. The molecule has 3 rings (SSSR count). The highest BCUT2D eigenvalue weighted by Crippen LogP contribution is 2.30. The van der Waals surface area contributed by atoms with Crippen LogP contribution in [0.3, 0.4) is 0 Å². The summed E-state index contributed by atoms with van der Waals surface area (Å²) in [4.78, 5) is 4.25. The van der Waals surface area contributed by atoms with E-state index in [-0.39, 0.29) is 29.2 Å². The lowest BCUT2D eigenvalue weighted by atomic mass is 10.1. The van der Waals surface area contributed by atoms with Crippen LogP contribution in [0, 0.1) is 5.82 Å². The molecule has 0 aliphatic rings. The van der Waals surface area contributed by atoms with Crippen LogP contribution in [-0.4, -0.2) is 32.5 Å². The minimum absolute atomic E-state index is 0. The van der Waals surface area contributed by atoms with E-state index in [1.165, 1.54) is 12.1 Å². The van der Waals surface area contributed by atoms with Gasteiger partial charge in [-0.2, -0.15) is 0 Å². The van der Waals surface area contributed by atoms with Gasteiger partial charge in [-0.05, 0) is 65.6 Å². The smallest absolute Gasteiger partial charge is 0.241 e. The van der Waals surface area contributed by atoms with E-state index >= 15 is 0 Å². The molecular formula is C20H22BrClFN3O2S. The number of fused-ring (bicyclic) bond motifs is 1. The molecule has 156 valence electrons. The molecule has 0 saturated carbocycles. The van der Waals surface area contributed by atoms with Gasteiger partial charge in [-0.25, -0.2) is 17.5 Å². The maximum absolute atomic E-state index is 12.9. The fourth-order valence-electron chi connectivity index (χ4n) is 2.89. The Balaban J connectivity index is 0.00000300. The number of sulfonamides is 1. The molecule has 1 unspecified atom stereocenters. The summed E-state index contributed by atoms with van der Waals surface area (Å²) in [6.07, 6.45) is 4.06. The fourth-order valence-corrected chi connectivity index (χ4v) is 5.36. The van der Waals surface area contributed by atoms with E-state index in [0.29, 0.717) is 17.6 Å². The lowest BCUT2D eigenvalue weighted by molar-refractivity contribution is 0.537. The van der Waals surface area contributed by atoms with Crippen molar-refractivity contribution in [3.8, 4) is 0 Å². The minimum atomic E-state index is -3.67. The Morgan fingerprint density at radius 2 is 1.86 bits per heavy atom. The molecule has 0 aliphatic heterocycles. The van der Waals surface area contributed by atoms with Gasteiger partial charge in [-0.1, -0.05) is 18.2 Å². The van der Waals surface area contributed by atoms with Crippen LogP contribution in [0.2, 0.25) is 0 Å². The Kier molecular flexibility index (Phi) is 8.54. The first-order valence-corrected chi connectivity index (χ1v) is 11.1. The van der Waals surface area contributed by atoms with Crippen LogP contribution in [0.5, 0.6) is 0 Å².